The maximum Gasteiger partial charge on any atom is 0.151 e. The SMILES string of the molecule is Cc1ccccc1CN(C)c1nccnc1CN. The zero-order valence-electron chi connectivity index (χ0n) is 10.8. The van der Waals surface area contributed by atoms with Gasteiger partial charge in [-0.15, -0.1) is 0 Å². The van der Waals surface area contributed by atoms with Crippen LogP contribution in [0.4, 0.5) is 5.82 Å². The highest BCUT2D eigenvalue weighted by Gasteiger charge is 2.10. The van der Waals surface area contributed by atoms with Gasteiger partial charge in [0.05, 0.1) is 5.69 Å². The number of nitrogens with two attached hydrogens (primary N) is 1. The lowest BCUT2D eigenvalue weighted by Gasteiger charge is -2.21. The zero-order chi connectivity index (χ0) is 13.0. The Balaban J connectivity index is 2.22. The van der Waals surface area contributed by atoms with Crippen molar-refractivity contribution in [1.29, 1.82) is 0 Å². The van der Waals surface area contributed by atoms with Gasteiger partial charge < -0.3 is 10.6 Å². The Bertz CT molecular complexity index is 525. The maximum atomic E-state index is 5.68. The van der Waals surface area contributed by atoms with Crippen LogP contribution in [0.25, 0.3) is 0 Å². The number of nitrogens with zero attached hydrogens (tertiary/aromatic N) is 3. The second-order valence-electron chi connectivity index (χ2n) is 4.31. The third kappa shape index (κ3) is 2.65. The van der Waals surface area contributed by atoms with Crippen LogP contribution in [0.2, 0.25) is 0 Å². The average molecular weight is 242 g/mol. The number of benzene rings is 1. The first-order valence-electron chi connectivity index (χ1n) is 5.98. The third-order valence-electron chi connectivity index (χ3n) is 2.98. The Morgan fingerprint density at radius 2 is 1.89 bits per heavy atom. The highest BCUT2D eigenvalue weighted by atomic mass is 15.2. The van der Waals surface area contributed by atoms with E-state index in [1.807, 2.05) is 13.1 Å². The quantitative estimate of drug-likeness (QED) is 0.889. The molecule has 4 nitrogen and oxygen atoms in total. The summed E-state index contributed by atoms with van der Waals surface area (Å²) in [6.45, 7) is 3.32. The maximum absolute atomic E-state index is 5.68. The Hall–Kier alpha value is -1.94. The van der Waals surface area contributed by atoms with E-state index in [9.17, 15) is 0 Å². The molecule has 18 heavy (non-hydrogen) atoms. The van der Waals surface area contributed by atoms with Crippen LogP contribution in [0.15, 0.2) is 36.7 Å². The topological polar surface area (TPSA) is 55.0 Å². The van der Waals surface area contributed by atoms with Gasteiger partial charge in [0.1, 0.15) is 0 Å². The number of hydrogen-bond acceptors (Lipinski definition) is 4. The summed E-state index contributed by atoms with van der Waals surface area (Å²) in [4.78, 5) is 10.7. The lowest BCUT2D eigenvalue weighted by atomic mass is 10.1. The van der Waals surface area contributed by atoms with Crippen molar-refractivity contribution in [2.24, 2.45) is 5.73 Å². The molecule has 0 aliphatic carbocycles. The summed E-state index contributed by atoms with van der Waals surface area (Å²) in [5.41, 5.74) is 9.08. The van der Waals surface area contributed by atoms with Gasteiger partial charge in [-0.05, 0) is 18.1 Å². The van der Waals surface area contributed by atoms with E-state index in [0.717, 1.165) is 18.1 Å². The van der Waals surface area contributed by atoms with Gasteiger partial charge in [0.25, 0.3) is 0 Å². The zero-order valence-corrected chi connectivity index (χ0v) is 10.8. The molecule has 0 bridgehead atoms. The summed E-state index contributed by atoms with van der Waals surface area (Å²) in [7, 11) is 2.01. The largest absolute Gasteiger partial charge is 0.354 e. The molecule has 0 atom stereocenters. The van der Waals surface area contributed by atoms with Gasteiger partial charge in [0.2, 0.25) is 0 Å². The van der Waals surface area contributed by atoms with Gasteiger partial charge in [0, 0.05) is 32.5 Å². The minimum absolute atomic E-state index is 0.404. The van der Waals surface area contributed by atoms with Crippen molar-refractivity contribution >= 4 is 5.82 Å². The van der Waals surface area contributed by atoms with E-state index in [1.54, 1.807) is 12.4 Å². The van der Waals surface area contributed by atoms with Crippen LogP contribution in [0, 0.1) is 6.92 Å². The van der Waals surface area contributed by atoms with E-state index in [2.05, 4.69) is 40.0 Å². The van der Waals surface area contributed by atoms with Crippen LogP contribution >= 0.6 is 0 Å². The molecule has 2 rings (SSSR count). The number of hydrogen-bond donors (Lipinski definition) is 1. The molecule has 2 aromatic rings. The van der Waals surface area contributed by atoms with E-state index in [-0.39, 0.29) is 0 Å². The summed E-state index contributed by atoms with van der Waals surface area (Å²) in [6, 6.07) is 8.34. The predicted molar refractivity (Wildman–Crippen MR) is 73.2 cm³/mol. The third-order valence-corrected chi connectivity index (χ3v) is 2.98. The Morgan fingerprint density at radius 1 is 1.17 bits per heavy atom. The summed E-state index contributed by atoms with van der Waals surface area (Å²) >= 11 is 0. The van der Waals surface area contributed by atoms with Crippen LogP contribution in [-0.4, -0.2) is 17.0 Å². The average Bonchev–Trinajstić information content (AvgIpc) is 2.41. The Kier molecular flexibility index (Phi) is 3.89. The van der Waals surface area contributed by atoms with Gasteiger partial charge in [-0.1, -0.05) is 24.3 Å². The van der Waals surface area contributed by atoms with E-state index >= 15 is 0 Å². The fourth-order valence-electron chi connectivity index (χ4n) is 1.94. The summed E-state index contributed by atoms with van der Waals surface area (Å²) in [5.74, 6) is 0.850. The molecule has 1 aromatic heterocycles. The smallest absolute Gasteiger partial charge is 0.151 e. The van der Waals surface area contributed by atoms with Crippen molar-refractivity contribution in [1.82, 2.24) is 9.97 Å². The van der Waals surface area contributed by atoms with E-state index < -0.39 is 0 Å². The van der Waals surface area contributed by atoms with Crippen molar-refractivity contribution in [2.75, 3.05) is 11.9 Å². The monoisotopic (exact) mass is 242 g/mol. The van der Waals surface area contributed by atoms with E-state index in [0.29, 0.717) is 6.54 Å². The molecule has 0 amide bonds. The van der Waals surface area contributed by atoms with E-state index in [1.165, 1.54) is 11.1 Å². The number of rotatable bonds is 4. The molecule has 1 aromatic carbocycles. The molecule has 2 N–H and O–H groups in total. The number of aryl methyl sites for hydroxylation is 1. The highest BCUT2D eigenvalue weighted by molar-refractivity contribution is 5.43. The highest BCUT2D eigenvalue weighted by Crippen LogP contribution is 2.17. The van der Waals surface area contributed by atoms with Gasteiger partial charge in [-0.2, -0.15) is 0 Å². The second-order valence-corrected chi connectivity index (χ2v) is 4.31. The molecule has 0 aliphatic rings. The fraction of sp³-hybridized carbons (Fsp3) is 0.286. The molecule has 0 unspecified atom stereocenters. The van der Waals surface area contributed by atoms with Gasteiger partial charge in [0.15, 0.2) is 5.82 Å². The van der Waals surface area contributed by atoms with Crippen molar-refractivity contribution in [3.05, 3.63) is 53.5 Å². The van der Waals surface area contributed by atoms with Crippen molar-refractivity contribution in [3.63, 3.8) is 0 Å². The first kappa shape index (κ1) is 12.5. The second kappa shape index (κ2) is 5.60. The molecule has 0 aliphatic heterocycles. The van der Waals surface area contributed by atoms with Crippen molar-refractivity contribution in [2.45, 2.75) is 20.0 Å². The molecule has 0 spiro atoms. The standard InChI is InChI=1S/C14H18N4/c1-11-5-3-4-6-12(11)10-18(2)14-13(9-15)16-7-8-17-14/h3-8H,9-10,15H2,1-2H3. The van der Waals surface area contributed by atoms with Crippen molar-refractivity contribution in [3.8, 4) is 0 Å². The first-order valence-corrected chi connectivity index (χ1v) is 5.98. The summed E-state index contributed by atoms with van der Waals surface area (Å²) in [6.07, 6.45) is 3.37. The van der Waals surface area contributed by atoms with Crippen LogP contribution < -0.4 is 10.6 Å². The first-order chi connectivity index (χ1) is 8.72. The molecule has 1 heterocycles. The summed E-state index contributed by atoms with van der Waals surface area (Å²) < 4.78 is 0. The minimum atomic E-state index is 0.404. The molecule has 0 radical (unpaired) electrons. The van der Waals surface area contributed by atoms with Crippen LogP contribution in [0.5, 0.6) is 0 Å². The van der Waals surface area contributed by atoms with E-state index in [4.69, 9.17) is 5.73 Å². The van der Waals surface area contributed by atoms with Crippen LogP contribution in [0.3, 0.4) is 0 Å². The molecular formula is C14H18N4. The Labute approximate surface area is 107 Å². The molecular weight excluding hydrogens is 224 g/mol. The van der Waals surface area contributed by atoms with Crippen molar-refractivity contribution < 1.29 is 0 Å². The molecule has 94 valence electrons. The number of aromatic nitrogens is 2. The minimum Gasteiger partial charge on any atom is -0.354 e. The fourth-order valence-corrected chi connectivity index (χ4v) is 1.94. The molecule has 0 saturated heterocycles. The Morgan fingerprint density at radius 3 is 2.61 bits per heavy atom. The predicted octanol–water partition coefficient (Wildman–Crippen LogP) is 1.88. The van der Waals surface area contributed by atoms with Crippen LogP contribution in [0.1, 0.15) is 16.8 Å². The van der Waals surface area contributed by atoms with Crippen LogP contribution in [-0.2, 0) is 13.1 Å². The lowest BCUT2D eigenvalue weighted by molar-refractivity contribution is 0.849. The molecule has 0 saturated carbocycles. The van der Waals surface area contributed by atoms with Gasteiger partial charge >= 0.3 is 0 Å². The molecule has 4 heteroatoms. The summed E-state index contributed by atoms with van der Waals surface area (Å²) in [5, 5.41) is 0. The normalized spacial score (nSPS) is 10.4. The lowest BCUT2D eigenvalue weighted by Crippen LogP contribution is -2.21. The van der Waals surface area contributed by atoms with Gasteiger partial charge in [-0.3, -0.25) is 4.98 Å². The molecule has 0 fully saturated rings. The number of anilines is 1. The van der Waals surface area contributed by atoms with Gasteiger partial charge in [-0.25, -0.2) is 4.98 Å².